The summed E-state index contributed by atoms with van der Waals surface area (Å²) in [6, 6.07) is 5.05. The molecular weight excluding hydrogens is 467 g/mol. The molecule has 0 saturated heterocycles. The molecule has 0 radical (unpaired) electrons. The summed E-state index contributed by atoms with van der Waals surface area (Å²) >= 11 is 12.8. The third-order valence-corrected chi connectivity index (χ3v) is 5.61. The van der Waals surface area contributed by atoms with Gasteiger partial charge in [-0.2, -0.15) is 0 Å². The van der Waals surface area contributed by atoms with Crippen LogP contribution in [0.15, 0.2) is 40.7 Å². The predicted molar refractivity (Wildman–Crippen MR) is 128 cm³/mol. The highest BCUT2D eigenvalue weighted by atomic mass is 35.5. The van der Waals surface area contributed by atoms with E-state index in [-0.39, 0.29) is 36.0 Å². The predicted octanol–water partition coefficient (Wildman–Crippen LogP) is 3.53. The molecule has 7 nitrogen and oxygen atoms in total. The number of hydrogen-bond acceptors (Lipinski definition) is 7. The maximum Gasteiger partial charge on any atom is 0.336 e. The summed E-state index contributed by atoms with van der Waals surface area (Å²) in [5.41, 5.74) is 1.88. The van der Waals surface area contributed by atoms with E-state index in [9.17, 15) is 9.59 Å². The molecule has 1 heterocycles. The Morgan fingerprint density at radius 3 is 2.52 bits per heavy atom. The lowest BCUT2D eigenvalue weighted by atomic mass is 9.80. The van der Waals surface area contributed by atoms with Crippen LogP contribution in [0.1, 0.15) is 25.3 Å². The molecule has 2 rings (SSSR count). The quantitative estimate of drug-likeness (QED) is 0.336. The summed E-state index contributed by atoms with van der Waals surface area (Å²) in [7, 11) is 5.12. The number of hydrogen-bond donors (Lipinski definition) is 1. The van der Waals surface area contributed by atoms with Crippen LogP contribution in [-0.2, 0) is 23.8 Å². The molecule has 1 unspecified atom stereocenters. The number of nitrogens with zero attached hydrogens (tertiary/aromatic N) is 1. The summed E-state index contributed by atoms with van der Waals surface area (Å²) in [5.74, 6) is 3.85. The van der Waals surface area contributed by atoms with Crippen LogP contribution >= 0.6 is 23.2 Å². The van der Waals surface area contributed by atoms with Gasteiger partial charge in [0.1, 0.15) is 6.61 Å². The van der Waals surface area contributed by atoms with E-state index in [1.54, 1.807) is 32.0 Å². The van der Waals surface area contributed by atoms with Gasteiger partial charge in [-0.1, -0.05) is 47.2 Å². The highest BCUT2D eigenvalue weighted by molar-refractivity contribution is 6.42. The molecule has 33 heavy (non-hydrogen) atoms. The lowest BCUT2D eigenvalue weighted by molar-refractivity contribution is -0.139. The Hall–Kier alpha value is -2.50. The smallest absolute Gasteiger partial charge is 0.336 e. The highest BCUT2D eigenvalue weighted by Crippen LogP contribution is 2.43. The molecule has 1 atom stereocenters. The van der Waals surface area contributed by atoms with Crippen molar-refractivity contribution in [1.29, 1.82) is 0 Å². The van der Waals surface area contributed by atoms with Gasteiger partial charge < -0.3 is 19.5 Å². The van der Waals surface area contributed by atoms with Crippen LogP contribution < -0.4 is 5.32 Å². The van der Waals surface area contributed by atoms with Crippen LogP contribution in [0.3, 0.4) is 0 Å². The van der Waals surface area contributed by atoms with Gasteiger partial charge in [0.25, 0.3) is 0 Å². The normalized spacial score (nSPS) is 15.7. The summed E-state index contributed by atoms with van der Waals surface area (Å²) in [5, 5.41) is 3.65. The van der Waals surface area contributed by atoms with E-state index in [1.807, 2.05) is 19.0 Å². The van der Waals surface area contributed by atoms with Crippen molar-refractivity contribution >= 4 is 35.1 Å². The van der Waals surface area contributed by atoms with Crippen molar-refractivity contribution in [3.05, 3.63) is 56.3 Å². The largest absolute Gasteiger partial charge is 0.466 e. The number of esters is 2. The monoisotopic (exact) mass is 494 g/mol. The number of benzene rings is 1. The summed E-state index contributed by atoms with van der Waals surface area (Å²) < 4.78 is 16.0. The molecular formula is C24H28Cl2N2O5. The Labute approximate surface area is 204 Å². The fraction of sp³-hybridized carbons (Fsp3) is 0.417. The van der Waals surface area contributed by atoms with Crippen LogP contribution in [0, 0.1) is 11.8 Å². The molecule has 0 aliphatic carbocycles. The molecule has 0 saturated carbocycles. The van der Waals surface area contributed by atoms with E-state index in [4.69, 9.17) is 37.4 Å². The molecule has 1 aliphatic heterocycles. The van der Waals surface area contributed by atoms with Crippen molar-refractivity contribution in [2.24, 2.45) is 0 Å². The molecule has 0 aromatic heterocycles. The maximum atomic E-state index is 13.1. The first-order valence-electron chi connectivity index (χ1n) is 10.3. The zero-order valence-electron chi connectivity index (χ0n) is 19.4. The number of carbonyl (C=O) groups excluding carboxylic acids is 2. The first-order valence-corrected chi connectivity index (χ1v) is 11.1. The topological polar surface area (TPSA) is 77.1 Å². The average Bonchev–Trinajstić information content (AvgIpc) is 2.77. The van der Waals surface area contributed by atoms with Gasteiger partial charge >= 0.3 is 11.9 Å². The highest BCUT2D eigenvalue weighted by Gasteiger charge is 2.40. The minimum atomic E-state index is -0.859. The van der Waals surface area contributed by atoms with Crippen molar-refractivity contribution in [2.45, 2.75) is 19.8 Å². The Morgan fingerprint density at radius 2 is 1.88 bits per heavy atom. The van der Waals surface area contributed by atoms with Crippen LogP contribution in [0.2, 0.25) is 10.0 Å². The van der Waals surface area contributed by atoms with Crippen molar-refractivity contribution < 1.29 is 23.8 Å². The zero-order chi connectivity index (χ0) is 24.5. The molecule has 1 N–H and O–H groups in total. The van der Waals surface area contributed by atoms with Gasteiger partial charge in [0.05, 0.1) is 59.7 Å². The Bertz CT molecular complexity index is 1020. The third kappa shape index (κ3) is 6.75. The number of allylic oxidation sites excluding steroid dienone is 1. The molecule has 1 aromatic rings. The number of rotatable bonds is 8. The summed E-state index contributed by atoms with van der Waals surface area (Å²) in [4.78, 5) is 27.8. The Kier molecular flexibility index (Phi) is 10.3. The van der Waals surface area contributed by atoms with E-state index < -0.39 is 17.9 Å². The molecule has 1 aromatic carbocycles. The summed E-state index contributed by atoms with van der Waals surface area (Å²) in [6.45, 7) is 4.40. The zero-order valence-corrected chi connectivity index (χ0v) is 20.9. The van der Waals surface area contributed by atoms with Crippen LogP contribution in [0.4, 0.5) is 0 Å². The van der Waals surface area contributed by atoms with Crippen LogP contribution in [0.25, 0.3) is 0 Å². The maximum absolute atomic E-state index is 13.1. The van der Waals surface area contributed by atoms with Crippen LogP contribution in [0.5, 0.6) is 0 Å². The number of halogens is 2. The lowest BCUT2D eigenvalue weighted by Crippen LogP contribution is -2.34. The van der Waals surface area contributed by atoms with E-state index in [0.717, 1.165) is 0 Å². The van der Waals surface area contributed by atoms with E-state index in [2.05, 4.69) is 17.2 Å². The van der Waals surface area contributed by atoms with Gasteiger partial charge in [-0.05, 0) is 39.6 Å². The first kappa shape index (κ1) is 26.7. The van der Waals surface area contributed by atoms with E-state index >= 15 is 0 Å². The molecule has 0 spiro atoms. The Morgan fingerprint density at radius 1 is 1.15 bits per heavy atom. The SMILES string of the molecule is CCOC(=O)C1=C(COCC#CCN(C)C)NC(C)=C(C(=O)OC)C1c1cccc(Cl)c1Cl. The number of carbonyl (C=O) groups is 2. The van der Waals surface area contributed by atoms with E-state index in [1.165, 1.54) is 7.11 Å². The van der Waals surface area contributed by atoms with Gasteiger partial charge in [-0.15, -0.1) is 0 Å². The number of dihydropyridines is 1. The van der Waals surface area contributed by atoms with Crippen molar-refractivity contribution in [1.82, 2.24) is 10.2 Å². The van der Waals surface area contributed by atoms with Crippen molar-refractivity contribution in [3.8, 4) is 11.8 Å². The average molecular weight is 495 g/mol. The van der Waals surface area contributed by atoms with Gasteiger partial charge in [0.2, 0.25) is 0 Å². The molecule has 9 heteroatoms. The molecule has 0 amide bonds. The van der Waals surface area contributed by atoms with Gasteiger partial charge in [-0.25, -0.2) is 9.59 Å². The minimum absolute atomic E-state index is 0.0469. The molecule has 0 fully saturated rings. The molecule has 1 aliphatic rings. The fourth-order valence-electron chi connectivity index (χ4n) is 3.36. The second kappa shape index (κ2) is 12.7. The van der Waals surface area contributed by atoms with E-state index in [0.29, 0.717) is 28.5 Å². The van der Waals surface area contributed by atoms with Crippen molar-refractivity contribution in [3.63, 3.8) is 0 Å². The Balaban J connectivity index is 2.55. The lowest BCUT2D eigenvalue weighted by Gasteiger charge is -2.31. The molecule has 0 bridgehead atoms. The van der Waals surface area contributed by atoms with Gasteiger partial charge in [0.15, 0.2) is 0 Å². The standard InChI is InChI=1S/C24H28Cl2N2O5/c1-6-33-24(30)21-18(14-32-13-8-7-12-28(3)4)27-15(2)19(23(29)31-5)20(21)16-10-9-11-17(25)22(16)26/h9-11,20,27H,6,12-14H2,1-5H3. The van der Waals surface area contributed by atoms with Crippen molar-refractivity contribution in [2.75, 3.05) is 47.6 Å². The summed E-state index contributed by atoms with van der Waals surface area (Å²) in [6.07, 6.45) is 0. The first-order chi connectivity index (χ1) is 15.7. The number of nitrogens with one attached hydrogen (secondary N) is 1. The second-order valence-electron chi connectivity index (χ2n) is 7.43. The van der Waals surface area contributed by atoms with Crippen LogP contribution in [-0.4, -0.2) is 64.4 Å². The van der Waals surface area contributed by atoms with Gasteiger partial charge in [-0.3, -0.25) is 4.90 Å². The minimum Gasteiger partial charge on any atom is -0.466 e. The fourth-order valence-corrected chi connectivity index (χ4v) is 3.78. The number of methoxy groups -OCH3 is 1. The molecule has 178 valence electrons. The van der Waals surface area contributed by atoms with Gasteiger partial charge in [0, 0.05) is 5.70 Å². The number of ether oxygens (including phenoxy) is 3. The third-order valence-electron chi connectivity index (χ3n) is 4.78. The second-order valence-corrected chi connectivity index (χ2v) is 8.21.